The maximum absolute atomic E-state index is 12.1. The number of carbonyl (C=O) groups excluding carboxylic acids is 2. The van der Waals surface area contributed by atoms with E-state index in [1.54, 1.807) is 11.8 Å². The summed E-state index contributed by atoms with van der Waals surface area (Å²) < 4.78 is 0. The molecule has 22 heavy (non-hydrogen) atoms. The molecule has 1 aromatic heterocycles. The highest BCUT2D eigenvalue weighted by Crippen LogP contribution is 2.13. The van der Waals surface area contributed by atoms with Gasteiger partial charge in [-0.3, -0.25) is 9.59 Å². The zero-order chi connectivity index (χ0) is 15.5. The third kappa shape index (κ3) is 2.95. The molecule has 0 spiro atoms. The number of fused-ring (bicyclic) bond motifs is 1. The Bertz CT molecular complexity index is 661. The first kappa shape index (κ1) is 14.6. The Morgan fingerprint density at radius 3 is 3.00 bits per heavy atom. The molecule has 1 saturated heterocycles. The molecule has 0 bridgehead atoms. The van der Waals surface area contributed by atoms with Crippen molar-refractivity contribution in [3.8, 4) is 0 Å². The molecule has 0 aliphatic carbocycles. The molecule has 2 aromatic rings. The van der Waals surface area contributed by atoms with E-state index in [0.717, 1.165) is 23.3 Å². The summed E-state index contributed by atoms with van der Waals surface area (Å²) in [5.41, 5.74) is 1.93. The van der Waals surface area contributed by atoms with E-state index in [4.69, 9.17) is 0 Å². The Hall–Kier alpha value is -2.37. The van der Waals surface area contributed by atoms with Gasteiger partial charge in [0.05, 0.1) is 11.0 Å². The lowest BCUT2D eigenvalue weighted by Crippen LogP contribution is -2.46. The minimum absolute atomic E-state index is 0.0694. The molecule has 0 saturated carbocycles. The molecular formula is C16H20N4O2. The standard InChI is InChI=1S/C16H20N4O2/c1-11(20-10-4-7-15(20)21)16(22)17-9-8-14-18-12-5-2-3-6-13(12)19-14/h2-3,5-6,11H,4,7-10H2,1H3,(H,17,22)(H,18,19). The topological polar surface area (TPSA) is 78.1 Å². The number of nitrogens with zero attached hydrogens (tertiary/aromatic N) is 2. The molecule has 1 aliphatic rings. The van der Waals surface area contributed by atoms with Crippen LogP contribution in [0.1, 0.15) is 25.6 Å². The molecule has 1 aliphatic heterocycles. The van der Waals surface area contributed by atoms with Crippen molar-refractivity contribution in [1.29, 1.82) is 0 Å². The molecule has 1 aromatic carbocycles. The first-order valence-electron chi connectivity index (χ1n) is 7.66. The van der Waals surface area contributed by atoms with E-state index in [1.165, 1.54) is 0 Å². The van der Waals surface area contributed by atoms with Gasteiger partial charge in [-0.1, -0.05) is 12.1 Å². The van der Waals surface area contributed by atoms with E-state index < -0.39 is 6.04 Å². The number of aromatic nitrogens is 2. The van der Waals surface area contributed by atoms with Gasteiger partial charge in [0.25, 0.3) is 0 Å². The first-order valence-corrected chi connectivity index (χ1v) is 7.66. The molecular weight excluding hydrogens is 280 g/mol. The number of likely N-dealkylation sites (tertiary alicyclic amines) is 1. The number of benzene rings is 1. The van der Waals surface area contributed by atoms with Crippen molar-refractivity contribution in [2.75, 3.05) is 13.1 Å². The predicted molar refractivity (Wildman–Crippen MR) is 83.2 cm³/mol. The van der Waals surface area contributed by atoms with Gasteiger partial charge in [0.15, 0.2) is 0 Å². The predicted octanol–water partition coefficient (Wildman–Crippen LogP) is 1.23. The lowest BCUT2D eigenvalue weighted by Gasteiger charge is -2.23. The van der Waals surface area contributed by atoms with Crippen LogP contribution in [0.4, 0.5) is 0 Å². The molecule has 3 rings (SSSR count). The maximum Gasteiger partial charge on any atom is 0.242 e. The lowest BCUT2D eigenvalue weighted by molar-refractivity contribution is -0.136. The van der Waals surface area contributed by atoms with Gasteiger partial charge in [-0.25, -0.2) is 4.98 Å². The van der Waals surface area contributed by atoms with Gasteiger partial charge in [-0.05, 0) is 25.5 Å². The monoisotopic (exact) mass is 300 g/mol. The molecule has 2 amide bonds. The Morgan fingerprint density at radius 1 is 1.45 bits per heavy atom. The molecule has 116 valence electrons. The summed E-state index contributed by atoms with van der Waals surface area (Å²) in [6.45, 7) is 2.96. The average Bonchev–Trinajstić information content (AvgIpc) is 3.11. The zero-order valence-electron chi connectivity index (χ0n) is 12.6. The van der Waals surface area contributed by atoms with Crippen LogP contribution in [0.3, 0.4) is 0 Å². The number of hydrogen-bond donors (Lipinski definition) is 2. The maximum atomic E-state index is 12.1. The van der Waals surface area contributed by atoms with Crippen LogP contribution in [0.5, 0.6) is 0 Å². The van der Waals surface area contributed by atoms with E-state index in [0.29, 0.717) is 25.9 Å². The number of nitrogens with one attached hydrogen (secondary N) is 2. The fourth-order valence-corrected chi connectivity index (χ4v) is 2.80. The quantitative estimate of drug-likeness (QED) is 0.872. The van der Waals surface area contributed by atoms with Crippen molar-refractivity contribution in [2.24, 2.45) is 0 Å². The Labute approximate surface area is 128 Å². The van der Waals surface area contributed by atoms with Gasteiger partial charge in [0.1, 0.15) is 11.9 Å². The number of para-hydroxylation sites is 2. The van der Waals surface area contributed by atoms with Crippen LogP contribution in [0.2, 0.25) is 0 Å². The zero-order valence-corrected chi connectivity index (χ0v) is 12.6. The summed E-state index contributed by atoms with van der Waals surface area (Å²) in [5, 5.41) is 2.88. The molecule has 1 unspecified atom stereocenters. The van der Waals surface area contributed by atoms with Crippen LogP contribution < -0.4 is 5.32 Å². The van der Waals surface area contributed by atoms with Gasteiger partial charge in [-0.15, -0.1) is 0 Å². The molecule has 2 heterocycles. The Morgan fingerprint density at radius 2 is 2.27 bits per heavy atom. The summed E-state index contributed by atoms with van der Waals surface area (Å²) in [6.07, 6.45) is 2.03. The number of amides is 2. The van der Waals surface area contributed by atoms with E-state index in [2.05, 4.69) is 15.3 Å². The van der Waals surface area contributed by atoms with E-state index >= 15 is 0 Å². The molecule has 0 radical (unpaired) electrons. The summed E-state index contributed by atoms with van der Waals surface area (Å²) >= 11 is 0. The van der Waals surface area contributed by atoms with Gasteiger partial charge in [-0.2, -0.15) is 0 Å². The first-order chi connectivity index (χ1) is 10.6. The molecule has 1 fully saturated rings. The summed E-state index contributed by atoms with van der Waals surface area (Å²) in [7, 11) is 0. The van der Waals surface area contributed by atoms with Gasteiger partial charge in [0, 0.05) is 25.9 Å². The average molecular weight is 300 g/mol. The highest BCUT2D eigenvalue weighted by Gasteiger charge is 2.29. The van der Waals surface area contributed by atoms with Crippen molar-refractivity contribution in [2.45, 2.75) is 32.2 Å². The third-order valence-electron chi connectivity index (χ3n) is 4.06. The van der Waals surface area contributed by atoms with Crippen LogP contribution in [-0.4, -0.2) is 45.8 Å². The highest BCUT2D eigenvalue weighted by molar-refractivity contribution is 5.88. The number of imidazole rings is 1. The smallest absolute Gasteiger partial charge is 0.242 e. The second kappa shape index (κ2) is 6.17. The minimum atomic E-state index is -0.398. The summed E-state index contributed by atoms with van der Waals surface area (Å²) in [4.78, 5) is 33.1. The van der Waals surface area contributed by atoms with Gasteiger partial charge >= 0.3 is 0 Å². The fraction of sp³-hybridized carbons (Fsp3) is 0.438. The van der Waals surface area contributed by atoms with Crippen LogP contribution in [0, 0.1) is 0 Å². The van der Waals surface area contributed by atoms with Gasteiger partial charge in [0.2, 0.25) is 11.8 Å². The Kier molecular flexibility index (Phi) is 4.09. The number of H-pyrrole nitrogens is 1. The van der Waals surface area contributed by atoms with Crippen molar-refractivity contribution >= 4 is 22.8 Å². The second-order valence-electron chi connectivity index (χ2n) is 5.61. The number of hydrogen-bond acceptors (Lipinski definition) is 3. The number of aromatic amines is 1. The van der Waals surface area contributed by atoms with E-state index in [1.807, 2.05) is 24.3 Å². The van der Waals surface area contributed by atoms with Crippen molar-refractivity contribution in [3.05, 3.63) is 30.1 Å². The lowest BCUT2D eigenvalue weighted by atomic mass is 10.2. The fourth-order valence-electron chi connectivity index (χ4n) is 2.80. The largest absolute Gasteiger partial charge is 0.354 e. The summed E-state index contributed by atoms with van der Waals surface area (Å²) in [6, 6.07) is 7.44. The summed E-state index contributed by atoms with van der Waals surface area (Å²) in [5.74, 6) is 0.817. The SMILES string of the molecule is CC(C(=O)NCCc1nc2ccccc2[nH]1)N1CCCC1=O. The van der Waals surface area contributed by atoms with Crippen LogP contribution in [0.25, 0.3) is 11.0 Å². The van der Waals surface area contributed by atoms with Crippen LogP contribution in [0.15, 0.2) is 24.3 Å². The molecule has 1 atom stereocenters. The van der Waals surface area contributed by atoms with E-state index in [-0.39, 0.29) is 11.8 Å². The number of carbonyl (C=O) groups is 2. The van der Waals surface area contributed by atoms with E-state index in [9.17, 15) is 9.59 Å². The number of rotatable bonds is 5. The van der Waals surface area contributed by atoms with Crippen molar-refractivity contribution in [3.63, 3.8) is 0 Å². The van der Waals surface area contributed by atoms with Gasteiger partial charge < -0.3 is 15.2 Å². The highest BCUT2D eigenvalue weighted by atomic mass is 16.2. The molecule has 6 nitrogen and oxygen atoms in total. The minimum Gasteiger partial charge on any atom is -0.354 e. The second-order valence-corrected chi connectivity index (χ2v) is 5.61. The van der Waals surface area contributed by atoms with Crippen molar-refractivity contribution < 1.29 is 9.59 Å². The van der Waals surface area contributed by atoms with Crippen LogP contribution >= 0.6 is 0 Å². The molecule has 6 heteroatoms. The normalized spacial score (nSPS) is 16.2. The third-order valence-corrected chi connectivity index (χ3v) is 4.06. The van der Waals surface area contributed by atoms with Crippen LogP contribution in [-0.2, 0) is 16.0 Å². The molecule has 2 N–H and O–H groups in total. The van der Waals surface area contributed by atoms with Crippen molar-refractivity contribution in [1.82, 2.24) is 20.2 Å². The Balaban J connectivity index is 1.51.